The van der Waals surface area contributed by atoms with E-state index in [-0.39, 0.29) is 5.91 Å². The van der Waals surface area contributed by atoms with E-state index in [1.54, 1.807) is 23.1 Å². The van der Waals surface area contributed by atoms with Crippen LogP contribution >= 0.6 is 27.3 Å². The zero-order chi connectivity index (χ0) is 17.2. The first-order valence-corrected chi connectivity index (χ1v) is 9.09. The molecule has 0 saturated heterocycles. The summed E-state index contributed by atoms with van der Waals surface area (Å²) in [5, 5.41) is 7.53. The van der Waals surface area contributed by atoms with Crippen LogP contribution in [-0.2, 0) is 6.42 Å². The predicted octanol–water partition coefficient (Wildman–Crippen LogP) is 3.79. The van der Waals surface area contributed by atoms with E-state index >= 15 is 0 Å². The molecule has 0 spiro atoms. The van der Waals surface area contributed by atoms with E-state index in [0.717, 1.165) is 15.8 Å². The van der Waals surface area contributed by atoms with Crippen LogP contribution in [0.5, 0.6) is 0 Å². The highest BCUT2D eigenvalue weighted by Crippen LogP contribution is 2.22. The number of thiazole rings is 1. The minimum Gasteiger partial charge on any atom is -0.298 e. The Bertz CT molecular complexity index is 1040. The summed E-state index contributed by atoms with van der Waals surface area (Å²) in [6.07, 6.45) is 7.47. The van der Waals surface area contributed by atoms with E-state index in [9.17, 15) is 4.79 Å². The van der Waals surface area contributed by atoms with Gasteiger partial charge >= 0.3 is 0 Å². The van der Waals surface area contributed by atoms with Crippen LogP contribution in [0.25, 0.3) is 5.65 Å². The first kappa shape index (κ1) is 15.9. The Hall–Kier alpha value is -2.58. The Balaban J connectivity index is 1.51. The number of nitrogens with one attached hydrogen (secondary N) is 1. The number of amides is 1. The summed E-state index contributed by atoms with van der Waals surface area (Å²) in [5.74, 6) is -0.273. The highest BCUT2D eigenvalue weighted by molar-refractivity contribution is 9.10. The van der Waals surface area contributed by atoms with Crippen molar-refractivity contribution in [3.05, 3.63) is 75.6 Å². The largest absolute Gasteiger partial charge is 0.298 e. The first-order valence-electron chi connectivity index (χ1n) is 7.48. The molecule has 0 aliphatic carbocycles. The van der Waals surface area contributed by atoms with Crippen LogP contribution in [0.4, 0.5) is 5.13 Å². The fourth-order valence-electron chi connectivity index (χ4n) is 2.42. The molecule has 0 aliphatic heterocycles. The van der Waals surface area contributed by atoms with Gasteiger partial charge in [-0.25, -0.2) is 14.5 Å². The molecule has 3 aromatic heterocycles. The van der Waals surface area contributed by atoms with Crippen LogP contribution in [0.2, 0.25) is 0 Å². The molecule has 3 heterocycles. The number of aromatic nitrogens is 4. The van der Waals surface area contributed by atoms with Crippen molar-refractivity contribution in [3.8, 4) is 0 Å². The average Bonchev–Trinajstić information content (AvgIpc) is 3.22. The number of carbonyl (C=O) groups excluding carboxylic acids is 1. The topological polar surface area (TPSA) is 72.2 Å². The van der Waals surface area contributed by atoms with Crippen molar-refractivity contribution in [2.45, 2.75) is 6.42 Å². The highest BCUT2D eigenvalue weighted by Gasteiger charge is 2.15. The van der Waals surface area contributed by atoms with Gasteiger partial charge in [-0.05, 0) is 21.5 Å². The molecular weight excluding hydrogens is 402 g/mol. The van der Waals surface area contributed by atoms with Crippen molar-refractivity contribution < 1.29 is 4.79 Å². The van der Waals surface area contributed by atoms with Gasteiger partial charge in [-0.2, -0.15) is 5.10 Å². The number of carbonyl (C=O) groups is 1. The molecule has 4 rings (SSSR count). The van der Waals surface area contributed by atoms with Crippen LogP contribution in [0.3, 0.4) is 0 Å². The van der Waals surface area contributed by atoms with E-state index < -0.39 is 0 Å². The van der Waals surface area contributed by atoms with Gasteiger partial charge in [-0.15, -0.1) is 11.3 Å². The van der Waals surface area contributed by atoms with Crippen LogP contribution in [0.15, 0.2) is 59.6 Å². The molecule has 0 fully saturated rings. The van der Waals surface area contributed by atoms with Gasteiger partial charge in [0, 0.05) is 29.9 Å². The van der Waals surface area contributed by atoms with Gasteiger partial charge in [0.05, 0.1) is 10.7 Å². The lowest BCUT2D eigenvalue weighted by Gasteiger charge is -2.00. The smallest absolute Gasteiger partial charge is 0.262 e. The summed E-state index contributed by atoms with van der Waals surface area (Å²) in [5.41, 5.74) is 2.12. The third-order valence-electron chi connectivity index (χ3n) is 3.56. The summed E-state index contributed by atoms with van der Waals surface area (Å²) < 4.78 is 2.35. The third-order valence-corrected chi connectivity index (χ3v) is 4.89. The number of rotatable bonds is 4. The maximum Gasteiger partial charge on any atom is 0.262 e. The lowest BCUT2D eigenvalue weighted by atomic mass is 10.1. The molecule has 4 aromatic rings. The van der Waals surface area contributed by atoms with Crippen molar-refractivity contribution in [2.24, 2.45) is 0 Å². The lowest BCUT2D eigenvalue weighted by Crippen LogP contribution is -2.11. The van der Waals surface area contributed by atoms with Gasteiger partial charge in [0.25, 0.3) is 5.91 Å². The van der Waals surface area contributed by atoms with E-state index in [0.29, 0.717) is 16.3 Å². The molecule has 1 N–H and O–H groups in total. The monoisotopic (exact) mass is 413 g/mol. The molecule has 1 aromatic carbocycles. The molecule has 0 saturated carbocycles. The Kier molecular flexibility index (Phi) is 4.29. The van der Waals surface area contributed by atoms with Crippen molar-refractivity contribution in [1.82, 2.24) is 19.6 Å². The molecule has 8 heteroatoms. The van der Waals surface area contributed by atoms with Crippen LogP contribution < -0.4 is 5.32 Å². The van der Waals surface area contributed by atoms with Crippen molar-refractivity contribution in [1.29, 1.82) is 0 Å². The van der Waals surface area contributed by atoms with Gasteiger partial charge in [-0.1, -0.05) is 30.3 Å². The van der Waals surface area contributed by atoms with Gasteiger partial charge in [0.15, 0.2) is 10.8 Å². The molecule has 124 valence electrons. The van der Waals surface area contributed by atoms with E-state index in [1.807, 2.05) is 18.2 Å². The van der Waals surface area contributed by atoms with Crippen molar-refractivity contribution in [2.75, 3.05) is 5.32 Å². The summed E-state index contributed by atoms with van der Waals surface area (Å²) in [6.45, 7) is 0. The Morgan fingerprint density at radius 1 is 1.16 bits per heavy atom. The highest BCUT2D eigenvalue weighted by atomic mass is 79.9. The molecule has 0 bridgehead atoms. The van der Waals surface area contributed by atoms with Gasteiger partial charge in [0.1, 0.15) is 5.56 Å². The molecule has 0 radical (unpaired) electrons. The van der Waals surface area contributed by atoms with Crippen molar-refractivity contribution >= 4 is 44.0 Å². The Morgan fingerprint density at radius 3 is 2.84 bits per heavy atom. The second-order valence-corrected chi connectivity index (χ2v) is 7.38. The molecule has 6 nitrogen and oxygen atoms in total. The molecule has 0 unspecified atom stereocenters. The van der Waals surface area contributed by atoms with Gasteiger partial charge < -0.3 is 0 Å². The summed E-state index contributed by atoms with van der Waals surface area (Å²) in [4.78, 5) is 22.1. The fourth-order valence-corrected chi connectivity index (χ4v) is 3.56. The maximum absolute atomic E-state index is 12.5. The maximum atomic E-state index is 12.5. The second kappa shape index (κ2) is 6.73. The SMILES string of the molecule is O=C(Nc1ncc(Cc2ccccc2)s1)c1cnn2cc(Br)cnc12. The molecule has 0 aliphatic rings. The third kappa shape index (κ3) is 3.45. The second-order valence-electron chi connectivity index (χ2n) is 5.35. The zero-order valence-corrected chi connectivity index (χ0v) is 15.3. The lowest BCUT2D eigenvalue weighted by molar-refractivity contribution is 0.102. The minimum atomic E-state index is -0.273. The van der Waals surface area contributed by atoms with Crippen LogP contribution in [0.1, 0.15) is 20.8 Å². The first-order chi connectivity index (χ1) is 12.2. The quantitative estimate of drug-likeness (QED) is 0.552. The van der Waals surface area contributed by atoms with Gasteiger partial charge in [0.2, 0.25) is 0 Å². The van der Waals surface area contributed by atoms with E-state index in [2.05, 4.69) is 48.4 Å². The van der Waals surface area contributed by atoms with Gasteiger partial charge in [-0.3, -0.25) is 10.1 Å². The number of benzene rings is 1. The minimum absolute atomic E-state index is 0.273. The number of hydrogen-bond acceptors (Lipinski definition) is 5. The number of hydrogen-bond donors (Lipinski definition) is 1. The van der Waals surface area contributed by atoms with E-state index in [1.165, 1.54) is 23.1 Å². The Labute approximate surface area is 155 Å². The van der Waals surface area contributed by atoms with Crippen LogP contribution in [-0.4, -0.2) is 25.5 Å². The Morgan fingerprint density at radius 2 is 2.00 bits per heavy atom. The number of nitrogens with zero attached hydrogens (tertiary/aromatic N) is 4. The number of fused-ring (bicyclic) bond motifs is 1. The predicted molar refractivity (Wildman–Crippen MR) is 100 cm³/mol. The number of anilines is 1. The normalized spacial score (nSPS) is 10.9. The summed E-state index contributed by atoms with van der Waals surface area (Å²) in [6, 6.07) is 10.2. The average molecular weight is 414 g/mol. The molecule has 0 atom stereocenters. The van der Waals surface area contributed by atoms with E-state index in [4.69, 9.17) is 0 Å². The standard InChI is InChI=1S/C17H12BrN5OS/c18-12-7-19-15-14(9-21-23(15)10-12)16(24)22-17-20-8-13(25-17)6-11-4-2-1-3-5-11/h1-5,7-10H,6H2,(H,20,22,24). The molecule has 25 heavy (non-hydrogen) atoms. The zero-order valence-electron chi connectivity index (χ0n) is 12.9. The van der Waals surface area contributed by atoms with Crippen molar-refractivity contribution in [3.63, 3.8) is 0 Å². The molecular formula is C17H12BrN5OS. The molecule has 1 amide bonds. The number of halogens is 1. The fraction of sp³-hybridized carbons (Fsp3) is 0.0588. The summed E-state index contributed by atoms with van der Waals surface area (Å²) >= 11 is 4.79. The van der Waals surface area contributed by atoms with Crippen LogP contribution in [0, 0.1) is 0 Å². The summed E-state index contributed by atoms with van der Waals surface area (Å²) in [7, 11) is 0.